The molecule has 1 heterocycles. The van der Waals surface area contributed by atoms with Crippen molar-refractivity contribution in [3.8, 4) is 0 Å². The Morgan fingerprint density at radius 1 is 1.39 bits per heavy atom. The molecule has 0 spiro atoms. The molecule has 3 N–H and O–H groups in total. The Labute approximate surface area is 112 Å². The van der Waals surface area contributed by atoms with E-state index in [0.717, 1.165) is 33.0 Å². The Morgan fingerprint density at radius 2 is 2.11 bits per heavy atom. The van der Waals surface area contributed by atoms with Gasteiger partial charge in [0.1, 0.15) is 0 Å². The fourth-order valence-electron chi connectivity index (χ4n) is 1.97. The maximum absolute atomic E-state index is 6.10. The summed E-state index contributed by atoms with van der Waals surface area (Å²) in [7, 11) is 0. The van der Waals surface area contributed by atoms with Gasteiger partial charge in [-0.1, -0.05) is 20.3 Å². The number of aryl methyl sites for hydroxylation is 1. The Kier molecular flexibility index (Phi) is 3.76. The molecule has 1 aromatic carbocycles. The number of benzene rings is 1. The summed E-state index contributed by atoms with van der Waals surface area (Å²) < 4.78 is 1.16. The molecular formula is C14H21N3S. The number of rotatable bonds is 4. The molecule has 4 heteroatoms. The quantitative estimate of drug-likeness (QED) is 0.819. The molecule has 0 saturated heterocycles. The molecule has 3 nitrogen and oxygen atoms in total. The van der Waals surface area contributed by atoms with Crippen LogP contribution in [0.2, 0.25) is 0 Å². The van der Waals surface area contributed by atoms with Crippen molar-refractivity contribution in [2.75, 3.05) is 11.1 Å². The molecular weight excluding hydrogens is 242 g/mol. The molecule has 0 amide bonds. The van der Waals surface area contributed by atoms with E-state index in [0.29, 0.717) is 12.0 Å². The minimum atomic E-state index is 0.412. The highest BCUT2D eigenvalue weighted by Gasteiger charge is 2.12. The van der Waals surface area contributed by atoms with E-state index in [-0.39, 0.29) is 0 Å². The number of anilines is 2. The lowest BCUT2D eigenvalue weighted by molar-refractivity contribution is 0.495. The van der Waals surface area contributed by atoms with Crippen LogP contribution >= 0.6 is 11.3 Å². The number of nitrogen functional groups attached to an aromatic ring is 1. The Bertz CT molecular complexity index is 547. The van der Waals surface area contributed by atoms with Gasteiger partial charge in [0.05, 0.1) is 26.6 Å². The van der Waals surface area contributed by atoms with Crippen molar-refractivity contribution in [3.63, 3.8) is 0 Å². The molecule has 18 heavy (non-hydrogen) atoms. The van der Waals surface area contributed by atoms with Gasteiger partial charge >= 0.3 is 0 Å². The number of nitrogens with zero attached hydrogens (tertiary/aromatic N) is 1. The van der Waals surface area contributed by atoms with Crippen molar-refractivity contribution in [2.45, 2.75) is 40.2 Å². The first-order valence-electron chi connectivity index (χ1n) is 6.44. The summed E-state index contributed by atoms with van der Waals surface area (Å²) in [4.78, 5) is 4.51. The van der Waals surface area contributed by atoms with Crippen molar-refractivity contribution in [2.24, 2.45) is 5.92 Å². The minimum absolute atomic E-state index is 0.412. The van der Waals surface area contributed by atoms with Gasteiger partial charge in [-0.3, -0.25) is 0 Å². The zero-order valence-electron chi connectivity index (χ0n) is 11.4. The zero-order valence-corrected chi connectivity index (χ0v) is 12.3. The second-order valence-corrected chi connectivity index (χ2v) is 6.19. The zero-order chi connectivity index (χ0) is 13.3. The second-order valence-electron chi connectivity index (χ2n) is 4.96. The van der Waals surface area contributed by atoms with Gasteiger partial charge in [-0.05, 0) is 31.9 Å². The molecule has 0 radical (unpaired) electrons. The summed E-state index contributed by atoms with van der Waals surface area (Å²) in [5, 5.41) is 4.58. The molecule has 0 saturated carbocycles. The Morgan fingerprint density at radius 3 is 2.78 bits per heavy atom. The van der Waals surface area contributed by atoms with Crippen molar-refractivity contribution in [1.82, 2.24) is 4.98 Å². The van der Waals surface area contributed by atoms with Crippen molar-refractivity contribution in [1.29, 1.82) is 0 Å². The van der Waals surface area contributed by atoms with Crippen LogP contribution in [0.1, 0.15) is 32.2 Å². The van der Waals surface area contributed by atoms with E-state index in [1.54, 1.807) is 11.3 Å². The van der Waals surface area contributed by atoms with Gasteiger partial charge in [0.2, 0.25) is 0 Å². The third-order valence-electron chi connectivity index (χ3n) is 3.55. The summed E-state index contributed by atoms with van der Waals surface area (Å²) in [6.07, 6.45) is 1.16. The third-order valence-corrected chi connectivity index (χ3v) is 4.48. The Hall–Kier alpha value is -1.29. The van der Waals surface area contributed by atoms with Gasteiger partial charge in [-0.25, -0.2) is 4.98 Å². The lowest BCUT2D eigenvalue weighted by Crippen LogP contribution is -2.23. The second kappa shape index (κ2) is 5.14. The minimum Gasteiger partial charge on any atom is -0.397 e. The molecule has 2 unspecified atom stereocenters. The molecule has 2 rings (SSSR count). The number of thiazole rings is 1. The van der Waals surface area contributed by atoms with Crippen LogP contribution in [0.15, 0.2) is 12.1 Å². The van der Waals surface area contributed by atoms with Crippen LogP contribution in [0.4, 0.5) is 11.4 Å². The lowest BCUT2D eigenvalue weighted by atomic mass is 10.0. The number of hydrogen-bond acceptors (Lipinski definition) is 4. The topological polar surface area (TPSA) is 50.9 Å². The van der Waals surface area contributed by atoms with E-state index in [1.807, 2.05) is 13.0 Å². The summed E-state index contributed by atoms with van der Waals surface area (Å²) in [5.74, 6) is 0.622. The molecule has 0 aliphatic heterocycles. The molecule has 0 aliphatic rings. The first-order chi connectivity index (χ1) is 8.51. The number of nitrogens with one attached hydrogen (secondary N) is 1. The predicted molar refractivity (Wildman–Crippen MR) is 81.3 cm³/mol. The number of hydrogen-bond donors (Lipinski definition) is 2. The first kappa shape index (κ1) is 13.1. The normalized spacial score (nSPS) is 14.7. The van der Waals surface area contributed by atoms with E-state index in [9.17, 15) is 0 Å². The third kappa shape index (κ3) is 2.58. The van der Waals surface area contributed by atoms with Crippen molar-refractivity contribution < 1.29 is 0 Å². The fraction of sp³-hybridized carbons (Fsp3) is 0.500. The smallest absolute Gasteiger partial charge is 0.0907 e. The maximum atomic E-state index is 6.10. The van der Waals surface area contributed by atoms with E-state index >= 15 is 0 Å². The Balaban J connectivity index is 2.30. The van der Waals surface area contributed by atoms with Crippen LogP contribution < -0.4 is 11.1 Å². The van der Waals surface area contributed by atoms with E-state index in [2.05, 4.69) is 37.1 Å². The monoisotopic (exact) mass is 263 g/mol. The van der Waals surface area contributed by atoms with Crippen LogP contribution in [-0.4, -0.2) is 11.0 Å². The first-order valence-corrected chi connectivity index (χ1v) is 7.26. The summed E-state index contributed by atoms with van der Waals surface area (Å²) in [5.41, 5.74) is 8.94. The van der Waals surface area contributed by atoms with Gasteiger partial charge in [-0.2, -0.15) is 0 Å². The number of nitrogens with two attached hydrogens (primary N) is 1. The average Bonchev–Trinajstić information content (AvgIpc) is 2.67. The summed E-state index contributed by atoms with van der Waals surface area (Å²) >= 11 is 1.69. The van der Waals surface area contributed by atoms with E-state index < -0.39 is 0 Å². The lowest BCUT2D eigenvalue weighted by Gasteiger charge is -2.22. The largest absolute Gasteiger partial charge is 0.397 e. The molecule has 2 aromatic rings. The van der Waals surface area contributed by atoms with Gasteiger partial charge in [0, 0.05) is 6.04 Å². The van der Waals surface area contributed by atoms with Crippen LogP contribution in [0.3, 0.4) is 0 Å². The van der Waals surface area contributed by atoms with Crippen LogP contribution in [-0.2, 0) is 0 Å². The van der Waals surface area contributed by atoms with Gasteiger partial charge < -0.3 is 11.1 Å². The van der Waals surface area contributed by atoms with E-state index in [1.165, 1.54) is 0 Å². The molecule has 0 bridgehead atoms. The van der Waals surface area contributed by atoms with Gasteiger partial charge in [-0.15, -0.1) is 11.3 Å². The van der Waals surface area contributed by atoms with Crippen LogP contribution in [0, 0.1) is 12.8 Å². The highest BCUT2D eigenvalue weighted by molar-refractivity contribution is 7.18. The molecule has 98 valence electrons. The van der Waals surface area contributed by atoms with Crippen molar-refractivity contribution in [3.05, 3.63) is 17.1 Å². The molecule has 2 atom stereocenters. The van der Waals surface area contributed by atoms with Crippen LogP contribution in [0.25, 0.3) is 10.2 Å². The van der Waals surface area contributed by atoms with Crippen molar-refractivity contribution >= 4 is 32.9 Å². The summed E-state index contributed by atoms with van der Waals surface area (Å²) in [6, 6.07) is 4.49. The van der Waals surface area contributed by atoms with Gasteiger partial charge in [0.15, 0.2) is 0 Å². The maximum Gasteiger partial charge on any atom is 0.0907 e. The van der Waals surface area contributed by atoms with Crippen LogP contribution in [0.5, 0.6) is 0 Å². The predicted octanol–water partition coefficient (Wildman–Crippen LogP) is 4.03. The fourth-order valence-corrected chi connectivity index (χ4v) is 2.83. The average molecular weight is 263 g/mol. The highest BCUT2D eigenvalue weighted by atomic mass is 32.1. The van der Waals surface area contributed by atoms with E-state index in [4.69, 9.17) is 5.73 Å². The molecule has 1 aromatic heterocycles. The SMILES string of the molecule is CCC(C)C(C)Nc1cc2nc(C)sc2cc1N. The highest BCUT2D eigenvalue weighted by Crippen LogP contribution is 2.30. The molecule has 0 fully saturated rings. The standard InChI is InChI=1S/C14H21N3S/c1-5-8(2)9(3)16-12-7-13-14(6-11(12)15)18-10(4)17-13/h6-9,16H,5,15H2,1-4H3. The van der Waals surface area contributed by atoms with Gasteiger partial charge in [0.25, 0.3) is 0 Å². The number of aromatic nitrogens is 1. The molecule has 0 aliphatic carbocycles. The summed E-state index contributed by atoms with van der Waals surface area (Å²) in [6.45, 7) is 8.68. The number of fused-ring (bicyclic) bond motifs is 1.